The van der Waals surface area contributed by atoms with Crippen LogP contribution in [0.1, 0.15) is 272 Å². The Bertz CT molecular complexity index is 856. The lowest BCUT2D eigenvalue weighted by atomic mass is 9.99. The Labute approximate surface area is 348 Å². The molecule has 0 aliphatic carbocycles. The van der Waals surface area contributed by atoms with Crippen LogP contribution >= 0.6 is 0 Å². The number of hydrogen-bond donors (Lipinski definition) is 0. The Morgan fingerprint density at radius 2 is 0.679 bits per heavy atom. The number of esters is 3. The summed E-state index contributed by atoms with van der Waals surface area (Å²) in [5.74, 6) is 0.833. The van der Waals surface area contributed by atoms with Gasteiger partial charge >= 0.3 is 17.9 Å². The van der Waals surface area contributed by atoms with Crippen LogP contribution in [0, 0.1) is 11.8 Å². The van der Waals surface area contributed by atoms with Crippen molar-refractivity contribution >= 4 is 17.9 Å². The average molecular weight is 793 g/mol. The van der Waals surface area contributed by atoms with Gasteiger partial charge in [-0.15, -0.1) is 0 Å². The highest BCUT2D eigenvalue weighted by atomic mass is 16.6. The topological polar surface area (TPSA) is 78.9 Å². The number of carbonyl (C=O) groups excluding carboxylic acids is 3. The van der Waals surface area contributed by atoms with E-state index in [9.17, 15) is 14.4 Å². The van der Waals surface area contributed by atoms with Crippen molar-refractivity contribution < 1.29 is 28.6 Å². The van der Waals surface area contributed by atoms with Gasteiger partial charge in [0.15, 0.2) is 6.10 Å². The zero-order valence-electron chi connectivity index (χ0n) is 38.3. The zero-order valence-corrected chi connectivity index (χ0v) is 38.3. The average Bonchev–Trinajstić information content (AvgIpc) is 3.18. The van der Waals surface area contributed by atoms with Crippen molar-refractivity contribution in [2.24, 2.45) is 11.8 Å². The quantitative estimate of drug-likeness (QED) is 0.0347. The Morgan fingerprint density at radius 1 is 0.375 bits per heavy atom. The number of unbranched alkanes of at least 4 members (excludes halogenated alkanes) is 28. The smallest absolute Gasteiger partial charge is 0.306 e. The van der Waals surface area contributed by atoms with Gasteiger partial charge in [-0.2, -0.15) is 0 Å². The van der Waals surface area contributed by atoms with Crippen molar-refractivity contribution in [2.45, 2.75) is 278 Å². The Kier molecular flexibility index (Phi) is 41.8. The second-order valence-corrected chi connectivity index (χ2v) is 17.8. The van der Waals surface area contributed by atoms with Crippen LogP contribution in [0.2, 0.25) is 0 Å². The van der Waals surface area contributed by atoms with Crippen LogP contribution in [-0.4, -0.2) is 37.2 Å². The van der Waals surface area contributed by atoms with Crippen molar-refractivity contribution in [2.75, 3.05) is 13.2 Å². The standard InChI is InChI=1S/C50H96O6/c1-6-8-9-10-11-12-13-20-25-30-35-40-48(51)54-43-47(44-55-49(52)41-36-31-26-21-16-14-18-23-28-33-38-45(3)4)56-50(53)42-37-32-27-22-17-15-19-24-29-34-39-46(5)7-2/h45-47H,6-44H2,1-5H3/t46?,47-/m1/s1. The monoisotopic (exact) mass is 793 g/mol. The summed E-state index contributed by atoms with van der Waals surface area (Å²) in [4.78, 5) is 37.8. The summed E-state index contributed by atoms with van der Waals surface area (Å²) in [5, 5.41) is 0. The van der Waals surface area contributed by atoms with Gasteiger partial charge < -0.3 is 14.2 Å². The molecule has 6 heteroatoms. The van der Waals surface area contributed by atoms with Crippen molar-refractivity contribution in [3.63, 3.8) is 0 Å². The molecule has 0 amide bonds. The van der Waals surface area contributed by atoms with Crippen LogP contribution in [0.3, 0.4) is 0 Å². The molecule has 6 nitrogen and oxygen atoms in total. The third-order valence-corrected chi connectivity index (χ3v) is 11.6. The van der Waals surface area contributed by atoms with Gasteiger partial charge in [-0.1, -0.05) is 234 Å². The minimum atomic E-state index is -0.761. The van der Waals surface area contributed by atoms with Gasteiger partial charge in [0, 0.05) is 19.3 Å². The highest BCUT2D eigenvalue weighted by Gasteiger charge is 2.19. The summed E-state index contributed by atoms with van der Waals surface area (Å²) in [5.41, 5.74) is 0. The van der Waals surface area contributed by atoms with Gasteiger partial charge in [0.2, 0.25) is 0 Å². The van der Waals surface area contributed by atoms with Crippen molar-refractivity contribution in [3.05, 3.63) is 0 Å². The molecule has 2 atom stereocenters. The first kappa shape index (κ1) is 54.4. The molecule has 0 aliphatic rings. The van der Waals surface area contributed by atoms with E-state index in [0.29, 0.717) is 19.3 Å². The largest absolute Gasteiger partial charge is 0.462 e. The minimum Gasteiger partial charge on any atom is -0.462 e. The molecule has 0 saturated carbocycles. The van der Waals surface area contributed by atoms with Crippen LogP contribution in [0.25, 0.3) is 0 Å². The zero-order chi connectivity index (χ0) is 41.2. The molecule has 0 aliphatic heterocycles. The molecule has 0 aromatic carbocycles. The first-order valence-corrected chi connectivity index (χ1v) is 24.8. The van der Waals surface area contributed by atoms with Crippen LogP contribution < -0.4 is 0 Å². The maximum Gasteiger partial charge on any atom is 0.306 e. The van der Waals surface area contributed by atoms with Gasteiger partial charge in [0.05, 0.1) is 0 Å². The van der Waals surface area contributed by atoms with Gasteiger partial charge in [0.1, 0.15) is 13.2 Å². The molecule has 56 heavy (non-hydrogen) atoms. The molecule has 1 unspecified atom stereocenters. The Morgan fingerprint density at radius 3 is 1.02 bits per heavy atom. The van der Waals surface area contributed by atoms with E-state index in [-0.39, 0.29) is 31.1 Å². The molecule has 332 valence electrons. The lowest BCUT2D eigenvalue weighted by Crippen LogP contribution is -2.30. The molecule has 0 radical (unpaired) electrons. The van der Waals surface area contributed by atoms with E-state index in [1.807, 2.05) is 0 Å². The number of ether oxygens (including phenoxy) is 3. The fourth-order valence-corrected chi connectivity index (χ4v) is 7.43. The normalized spacial score (nSPS) is 12.5. The molecule has 0 N–H and O–H groups in total. The molecule has 0 spiro atoms. The summed E-state index contributed by atoms with van der Waals surface area (Å²) in [6, 6.07) is 0. The fourth-order valence-electron chi connectivity index (χ4n) is 7.43. The van der Waals surface area contributed by atoms with Crippen LogP contribution in [-0.2, 0) is 28.6 Å². The summed E-state index contributed by atoms with van der Waals surface area (Å²) < 4.78 is 16.8. The first-order chi connectivity index (χ1) is 27.3. The summed E-state index contributed by atoms with van der Waals surface area (Å²) in [6.45, 7) is 11.4. The molecule has 0 fully saturated rings. The van der Waals surface area contributed by atoms with E-state index in [4.69, 9.17) is 14.2 Å². The van der Waals surface area contributed by atoms with E-state index < -0.39 is 6.10 Å². The summed E-state index contributed by atoms with van der Waals surface area (Å²) >= 11 is 0. The fraction of sp³-hybridized carbons (Fsp3) is 0.940. The van der Waals surface area contributed by atoms with Gasteiger partial charge in [-0.05, 0) is 31.1 Å². The van der Waals surface area contributed by atoms with Crippen molar-refractivity contribution in [1.29, 1.82) is 0 Å². The van der Waals surface area contributed by atoms with Crippen molar-refractivity contribution in [1.82, 2.24) is 0 Å². The van der Waals surface area contributed by atoms with Gasteiger partial charge in [-0.25, -0.2) is 0 Å². The lowest BCUT2D eigenvalue weighted by molar-refractivity contribution is -0.167. The van der Waals surface area contributed by atoms with E-state index in [1.54, 1.807) is 0 Å². The molecule has 0 aromatic heterocycles. The predicted octanol–water partition coefficient (Wildman–Crippen LogP) is 15.8. The van der Waals surface area contributed by atoms with Crippen LogP contribution in [0.5, 0.6) is 0 Å². The van der Waals surface area contributed by atoms with Crippen LogP contribution in [0.15, 0.2) is 0 Å². The SMILES string of the molecule is CCCCCCCCCCCCCC(=O)OC[C@H](COC(=O)CCCCCCCCCCCCC(C)C)OC(=O)CCCCCCCCCCCCC(C)CC. The molecular weight excluding hydrogens is 697 g/mol. The molecule has 0 saturated heterocycles. The lowest BCUT2D eigenvalue weighted by Gasteiger charge is -2.18. The molecule has 0 bridgehead atoms. The molecule has 0 rings (SSSR count). The minimum absolute atomic E-state index is 0.0642. The Hall–Kier alpha value is -1.59. The molecule has 0 aromatic rings. The Balaban J connectivity index is 4.33. The summed E-state index contributed by atoms with van der Waals surface area (Å²) in [6.07, 6.45) is 42.2. The van der Waals surface area contributed by atoms with Crippen molar-refractivity contribution in [3.8, 4) is 0 Å². The predicted molar refractivity (Wildman–Crippen MR) is 238 cm³/mol. The first-order valence-electron chi connectivity index (χ1n) is 24.8. The number of carbonyl (C=O) groups is 3. The molecule has 0 heterocycles. The number of rotatable bonds is 44. The van der Waals surface area contributed by atoms with E-state index in [2.05, 4.69) is 34.6 Å². The highest BCUT2D eigenvalue weighted by Crippen LogP contribution is 2.17. The highest BCUT2D eigenvalue weighted by molar-refractivity contribution is 5.71. The second-order valence-electron chi connectivity index (χ2n) is 17.8. The second kappa shape index (κ2) is 43.0. The van der Waals surface area contributed by atoms with E-state index in [0.717, 1.165) is 69.6 Å². The molecular formula is C50H96O6. The third-order valence-electron chi connectivity index (χ3n) is 11.6. The maximum atomic E-state index is 12.8. The van der Waals surface area contributed by atoms with Gasteiger partial charge in [-0.3, -0.25) is 14.4 Å². The van der Waals surface area contributed by atoms with E-state index >= 15 is 0 Å². The summed E-state index contributed by atoms with van der Waals surface area (Å²) in [7, 11) is 0. The van der Waals surface area contributed by atoms with E-state index in [1.165, 1.54) is 161 Å². The maximum absolute atomic E-state index is 12.8. The van der Waals surface area contributed by atoms with Crippen LogP contribution in [0.4, 0.5) is 0 Å². The third kappa shape index (κ3) is 42.0. The number of hydrogen-bond acceptors (Lipinski definition) is 6. The van der Waals surface area contributed by atoms with Gasteiger partial charge in [0.25, 0.3) is 0 Å².